The molecule has 1 aliphatic heterocycles. The number of rotatable bonds is 10. The summed E-state index contributed by atoms with van der Waals surface area (Å²) >= 11 is 0. The van der Waals surface area contributed by atoms with Crippen LogP contribution < -0.4 is 20.9 Å². The smallest absolute Gasteiger partial charge is 0.330 e. The molecule has 12 heteroatoms. The number of halogens is 1. The van der Waals surface area contributed by atoms with Crippen LogP contribution in [0.25, 0.3) is 0 Å². The topological polar surface area (TPSA) is 121 Å². The summed E-state index contributed by atoms with van der Waals surface area (Å²) in [6.07, 6.45) is -2.33. The fourth-order valence-electron chi connectivity index (χ4n) is 3.09. The number of carbonyl (C=O) groups excluding carboxylic acids is 1. The molecule has 0 amide bonds. The van der Waals surface area contributed by atoms with E-state index in [0.717, 1.165) is 4.57 Å². The molecular formula is C21H27FN3O7P. The van der Waals surface area contributed by atoms with Gasteiger partial charge in [0, 0.05) is 18.2 Å². The van der Waals surface area contributed by atoms with Crippen LogP contribution in [0.3, 0.4) is 0 Å². The third-order valence-corrected chi connectivity index (χ3v) is 5.75. The first-order valence-electron chi connectivity index (χ1n) is 10.4. The summed E-state index contributed by atoms with van der Waals surface area (Å²) < 4.78 is 38.0. The van der Waals surface area contributed by atoms with E-state index in [4.69, 9.17) is 18.5 Å². The number of hydrogen-bond acceptors (Lipinski definition) is 8. The van der Waals surface area contributed by atoms with E-state index in [0.29, 0.717) is 5.75 Å². The van der Waals surface area contributed by atoms with Gasteiger partial charge >= 0.3 is 20.2 Å². The van der Waals surface area contributed by atoms with E-state index in [1.165, 1.54) is 13.1 Å². The first-order valence-corrected chi connectivity index (χ1v) is 11.6. The lowest BCUT2D eigenvalue weighted by atomic mass is 10.2. The van der Waals surface area contributed by atoms with Gasteiger partial charge < -0.3 is 18.5 Å². The van der Waals surface area contributed by atoms with Gasteiger partial charge in [0.15, 0.2) is 6.23 Å². The van der Waals surface area contributed by atoms with Gasteiger partial charge in [-0.25, -0.2) is 14.3 Å². The first kappa shape index (κ1) is 25.0. The Labute approximate surface area is 191 Å². The van der Waals surface area contributed by atoms with E-state index in [1.807, 2.05) is 6.07 Å². The summed E-state index contributed by atoms with van der Waals surface area (Å²) in [7, 11) is -1.78. The van der Waals surface area contributed by atoms with Crippen LogP contribution in [0.1, 0.15) is 32.1 Å². The zero-order chi connectivity index (χ0) is 24.0. The molecule has 1 aliphatic rings. The minimum Gasteiger partial charge on any atom is -0.462 e. The number of aryl methyl sites for hydroxylation is 1. The number of aromatic nitrogens is 2. The summed E-state index contributed by atoms with van der Waals surface area (Å²) in [5.41, 5.74) is -1.02. The minimum atomic E-state index is -1.78. The van der Waals surface area contributed by atoms with E-state index < -0.39 is 44.2 Å². The molecule has 2 aromatic rings. The van der Waals surface area contributed by atoms with Crippen LogP contribution in [-0.4, -0.2) is 47.1 Å². The monoisotopic (exact) mass is 483 g/mol. The third-order valence-electron chi connectivity index (χ3n) is 4.58. The molecule has 2 heterocycles. The van der Waals surface area contributed by atoms with Crippen molar-refractivity contribution in [3.05, 3.63) is 62.9 Å². The highest BCUT2D eigenvalue weighted by atomic mass is 31.2. The molecule has 4 unspecified atom stereocenters. The summed E-state index contributed by atoms with van der Waals surface area (Å²) in [6.45, 7) is 4.82. The quantitative estimate of drug-likeness (QED) is 0.390. The first-order chi connectivity index (χ1) is 15.7. The van der Waals surface area contributed by atoms with Gasteiger partial charge in [0.2, 0.25) is 0 Å². The Morgan fingerprint density at radius 1 is 1.33 bits per heavy atom. The highest BCUT2D eigenvalue weighted by molar-refractivity contribution is 7.45. The van der Waals surface area contributed by atoms with Gasteiger partial charge in [0.25, 0.3) is 5.56 Å². The maximum Gasteiger partial charge on any atom is 0.330 e. The Kier molecular flexibility index (Phi) is 8.74. The molecule has 180 valence electrons. The van der Waals surface area contributed by atoms with Gasteiger partial charge in [-0.1, -0.05) is 18.2 Å². The standard InChI is InChI=1S/C21H27FN3O7P/c1-13(2)30-18(26)10-23-33(32-15-7-5-4-6-8-15)29-12-16-9-17(22)20(31-16)25-11-14(3)19(27)24-21(25)28/h4-8,11,13,16-17,20,23H,9-10,12H2,1-3H3,(H,24,27,28). The van der Waals surface area contributed by atoms with Gasteiger partial charge in [0.1, 0.15) is 18.5 Å². The Balaban J connectivity index is 1.62. The van der Waals surface area contributed by atoms with Gasteiger partial charge in [-0.15, -0.1) is 0 Å². The number of H-pyrrole nitrogens is 1. The van der Waals surface area contributed by atoms with Crippen molar-refractivity contribution in [1.29, 1.82) is 0 Å². The minimum absolute atomic E-state index is 0.0147. The molecule has 0 aliphatic carbocycles. The van der Waals surface area contributed by atoms with E-state index >= 15 is 0 Å². The number of esters is 1. The van der Waals surface area contributed by atoms with Crippen LogP contribution in [0.4, 0.5) is 4.39 Å². The highest BCUT2D eigenvalue weighted by Gasteiger charge is 2.38. The van der Waals surface area contributed by atoms with E-state index in [1.54, 1.807) is 38.1 Å². The third kappa shape index (κ3) is 7.20. The second kappa shape index (κ2) is 11.5. The molecule has 2 N–H and O–H groups in total. The lowest BCUT2D eigenvalue weighted by Crippen LogP contribution is -2.35. The number of benzene rings is 1. The average Bonchev–Trinajstić information content (AvgIpc) is 3.13. The largest absolute Gasteiger partial charge is 0.462 e. The normalized spacial score (nSPS) is 21.2. The maximum absolute atomic E-state index is 14.6. The van der Waals surface area contributed by atoms with Gasteiger partial charge in [-0.3, -0.25) is 19.1 Å². The van der Waals surface area contributed by atoms with Crippen molar-refractivity contribution < 1.29 is 27.7 Å². The number of alkyl halides is 1. The lowest BCUT2D eigenvalue weighted by molar-refractivity contribution is -0.145. The van der Waals surface area contributed by atoms with E-state index in [9.17, 15) is 18.8 Å². The Bertz CT molecular complexity index is 1050. The average molecular weight is 483 g/mol. The molecular weight excluding hydrogens is 456 g/mol. The van der Waals surface area contributed by atoms with Crippen molar-refractivity contribution in [1.82, 2.24) is 14.6 Å². The van der Waals surface area contributed by atoms with Crippen LogP contribution in [0.5, 0.6) is 5.75 Å². The molecule has 3 rings (SSSR count). The van der Waals surface area contributed by atoms with Crippen LogP contribution in [0.15, 0.2) is 46.1 Å². The number of hydrogen-bond donors (Lipinski definition) is 2. The fraction of sp³-hybridized carbons (Fsp3) is 0.476. The Morgan fingerprint density at radius 3 is 2.76 bits per heavy atom. The zero-order valence-electron chi connectivity index (χ0n) is 18.5. The summed E-state index contributed by atoms with van der Waals surface area (Å²) in [5.74, 6) is 0.0590. The highest BCUT2D eigenvalue weighted by Crippen LogP contribution is 2.38. The predicted octanol–water partition coefficient (Wildman–Crippen LogP) is 2.33. The molecule has 0 bridgehead atoms. The number of carbonyl (C=O) groups is 1. The molecule has 33 heavy (non-hydrogen) atoms. The summed E-state index contributed by atoms with van der Waals surface area (Å²) in [4.78, 5) is 37.7. The van der Waals surface area contributed by atoms with Crippen molar-refractivity contribution in [2.45, 2.75) is 51.8 Å². The molecule has 1 aromatic carbocycles. The molecule has 0 saturated carbocycles. The number of para-hydroxylation sites is 1. The van der Waals surface area contributed by atoms with Crippen molar-refractivity contribution in [2.24, 2.45) is 0 Å². The zero-order valence-corrected chi connectivity index (χ0v) is 19.4. The molecule has 1 fully saturated rings. The summed E-state index contributed by atoms with van der Waals surface area (Å²) in [5, 5.41) is 2.88. The fourth-order valence-corrected chi connectivity index (χ4v) is 4.18. The second-order valence-electron chi connectivity index (χ2n) is 7.71. The predicted molar refractivity (Wildman–Crippen MR) is 119 cm³/mol. The SMILES string of the molecule is Cc1cn(C2OC(COP(NCC(=O)OC(C)C)Oc3ccccc3)CC2F)c(=O)[nH]c1=O. The van der Waals surface area contributed by atoms with Gasteiger partial charge in [-0.2, -0.15) is 0 Å². The van der Waals surface area contributed by atoms with Crippen LogP contribution in [-0.2, 0) is 18.8 Å². The van der Waals surface area contributed by atoms with Gasteiger partial charge in [0.05, 0.1) is 18.8 Å². The molecule has 0 spiro atoms. The van der Waals surface area contributed by atoms with E-state index in [-0.39, 0.29) is 31.2 Å². The lowest BCUT2D eigenvalue weighted by Gasteiger charge is -2.21. The molecule has 0 radical (unpaired) electrons. The van der Waals surface area contributed by atoms with Crippen LogP contribution in [0.2, 0.25) is 0 Å². The number of nitrogens with zero attached hydrogens (tertiary/aromatic N) is 1. The Morgan fingerprint density at radius 2 is 2.06 bits per heavy atom. The number of aromatic amines is 1. The molecule has 10 nitrogen and oxygen atoms in total. The maximum atomic E-state index is 14.6. The summed E-state index contributed by atoms with van der Waals surface area (Å²) in [6, 6.07) is 8.88. The number of nitrogens with one attached hydrogen (secondary N) is 2. The van der Waals surface area contributed by atoms with Crippen molar-refractivity contribution in [3.8, 4) is 5.75 Å². The van der Waals surface area contributed by atoms with E-state index in [2.05, 4.69) is 10.1 Å². The van der Waals surface area contributed by atoms with Crippen LogP contribution >= 0.6 is 8.53 Å². The van der Waals surface area contributed by atoms with Gasteiger partial charge in [-0.05, 0) is 32.9 Å². The molecule has 4 atom stereocenters. The second-order valence-corrected chi connectivity index (χ2v) is 8.98. The molecule has 1 saturated heterocycles. The van der Waals surface area contributed by atoms with Crippen molar-refractivity contribution in [3.63, 3.8) is 0 Å². The Hall–Kier alpha value is -2.59. The van der Waals surface area contributed by atoms with Crippen molar-refractivity contribution >= 4 is 14.5 Å². The number of ether oxygens (including phenoxy) is 2. The molecule has 1 aromatic heterocycles. The van der Waals surface area contributed by atoms with Crippen LogP contribution in [0, 0.1) is 6.92 Å². The van der Waals surface area contributed by atoms with Crippen molar-refractivity contribution in [2.75, 3.05) is 13.2 Å².